The zero-order valence-electron chi connectivity index (χ0n) is 12.2. The Bertz CT molecular complexity index is 723. The standard InChI is InChI=1S/C15H17ClN4O/c1-4-17-14-11-6-5-10(7-12(11)18-15(14)21)20-9(3)13(16)8(2)19-20/h5-7,14,17H,4H2,1-3H3,(H,18,21). The number of anilines is 1. The summed E-state index contributed by atoms with van der Waals surface area (Å²) in [6, 6.07) is 5.57. The van der Waals surface area contributed by atoms with Gasteiger partial charge in [-0.3, -0.25) is 4.79 Å². The Morgan fingerprint density at radius 1 is 1.43 bits per heavy atom. The predicted molar refractivity (Wildman–Crippen MR) is 83.1 cm³/mol. The number of likely N-dealkylation sites (N-methyl/N-ethyl adjacent to an activating group) is 1. The number of carbonyl (C=O) groups is 1. The van der Waals surface area contributed by atoms with Crippen molar-refractivity contribution in [3.8, 4) is 5.69 Å². The van der Waals surface area contributed by atoms with E-state index >= 15 is 0 Å². The predicted octanol–water partition coefficient (Wildman–Crippen LogP) is 2.75. The second-order valence-electron chi connectivity index (χ2n) is 5.15. The van der Waals surface area contributed by atoms with Crippen LogP contribution in [0.3, 0.4) is 0 Å². The molecule has 1 aliphatic rings. The number of carbonyl (C=O) groups excluding carboxylic acids is 1. The summed E-state index contributed by atoms with van der Waals surface area (Å²) in [5, 5.41) is 11.2. The molecule has 21 heavy (non-hydrogen) atoms. The number of aromatic nitrogens is 2. The van der Waals surface area contributed by atoms with Crippen molar-refractivity contribution >= 4 is 23.2 Å². The molecule has 0 bridgehead atoms. The highest BCUT2D eigenvalue weighted by Crippen LogP contribution is 2.33. The van der Waals surface area contributed by atoms with Crippen LogP contribution < -0.4 is 10.6 Å². The molecule has 2 aromatic rings. The third-order valence-electron chi connectivity index (χ3n) is 3.72. The number of hydrogen-bond acceptors (Lipinski definition) is 3. The van der Waals surface area contributed by atoms with E-state index in [2.05, 4.69) is 15.7 Å². The van der Waals surface area contributed by atoms with E-state index in [0.717, 1.165) is 34.9 Å². The Kier molecular flexibility index (Phi) is 3.47. The van der Waals surface area contributed by atoms with Crippen molar-refractivity contribution in [1.82, 2.24) is 15.1 Å². The number of amides is 1. The molecule has 2 heterocycles. The van der Waals surface area contributed by atoms with E-state index in [9.17, 15) is 4.79 Å². The maximum atomic E-state index is 12.0. The van der Waals surface area contributed by atoms with Gasteiger partial charge in [0.05, 0.1) is 22.1 Å². The van der Waals surface area contributed by atoms with E-state index in [4.69, 9.17) is 11.6 Å². The summed E-state index contributed by atoms with van der Waals surface area (Å²) in [6.45, 7) is 6.53. The van der Waals surface area contributed by atoms with Crippen molar-refractivity contribution < 1.29 is 4.79 Å². The molecule has 3 rings (SSSR count). The summed E-state index contributed by atoms with van der Waals surface area (Å²) in [7, 11) is 0. The number of hydrogen-bond donors (Lipinski definition) is 2. The molecule has 1 atom stereocenters. The first kappa shape index (κ1) is 14.1. The van der Waals surface area contributed by atoms with Crippen LogP contribution in [0.2, 0.25) is 5.02 Å². The third kappa shape index (κ3) is 2.22. The molecule has 6 heteroatoms. The van der Waals surface area contributed by atoms with Gasteiger partial charge in [0, 0.05) is 11.3 Å². The molecule has 0 spiro atoms. The van der Waals surface area contributed by atoms with Crippen LogP contribution in [0.15, 0.2) is 18.2 Å². The van der Waals surface area contributed by atoms with E-state index < -0.39 is 0 Å². The maximum absolute atomic E-state index is 12.0. The Morgan fingerprint density at radius 3 is 2.81 bits per heavy atom. The first-order valence-electron chi connectivity index (χ1n) is 6.93. The van der Waals surface area contributed by atoms with Crippen molar-refractivity contribution in [2.45, 2.75) is 26.8 Å². The summed E-state index contributed by atoms with van der Waals surface area (Å²) < 4.78 is 1.80. The van der Waals surface area contributed by atoms with Gasteiger partial charge in [0.1, 0.15) is 6.04 Å². The molecule has 0 radical (unpaired) electrons. The summed E-state index contributed by atoms with van der Waals surface area (Å²) in [4.78, 5) is 12.0. The molecular formula is C15H17ClN4O. The van der Waals surface area contributed by atoms with Gasteiger partial charge >= 0.3 is 0 Å². The first-order valence-corrected chi connectivity index (χ1v) is 7.31. The van der Waals surface area contributed by atoms with Crippen LogP contribution in [-0.4, -0.2) is 22.2 Å². The second-order valence-corrected chi connectivity index (χ2v) is 5.53. The minimum absolute atomic E-state index is 0.0181. The van der Waals surface area contributed by atoms with E-state index in [1.807, 2.05) is 39.0 Å². The molecule has 0 fully saturated rings. The van der Waals surface area contributed by atoms with E-state index in [1.165, 1.54) is 0 Å². The number of aryl methyl sites for hydroxylation is 1. The molecule has 1 aromatic heterocycles. The maximum Gasteiger partial charge on any atom is 0.246 e. The van der Waals surface area contributed by atoms with Gasteiger partial charge in [-0.1, -0.05) is 24.6 Å². The smallest absolute Gasteiger partial charge is 0.246 e. The van der Waals surface area contributed by atoms with Crippen molar-refractivity contribution in [1.29, 1.82) is 0 Å². The third-order valence-corrected chi connectivity index (χ3v) is 4.27. The van der Waals surface area contributed by atoms with Crippen LogP contribution in [-0.2, 0) is 4.79 Å². The lowest BCUT2D eigenvalue weighted by atomic mass is 10.1. The van der Waals surface area contributed by atoms with Crippen LogP contribution in [0.1, 0.15) is 29.9 Å². The van der Waals surface area contributed by atoms with Gasteiger partial charge in [-0.2, -0.15) is 5.10 Å². The highest BCUT2D eigenvalue weighted by Gasteiger charge is 2.30. The van der Waals surface area contributed by atoms with Crippen LogP contribution in [0.4, 0.5) is 5.69 Å². The first-order chi connectivity index (χ1) is 10.0. The number of nitrogens with zero attached hydrogens (tertiary/aromatic N) is 2. The molecule has 1 aromatic carbocycles. The molecule has 1 unspecified atom stereocenters. The van der Waals surface area contributed by atoms with Crippen molar-refractivity contribution in [3.05, 3.63) is 40.2 Å². The number of fused-ring (bicyclic) bond motifs is 1. The lowest BCUT2D eigenvalue weighted by Crippen LogP contribution is -2.27. The normalized spacial score (nSPS) is 17.0. The molecule has 0 saturated carbocycles. The number of benzene rings is 1. The van der Waals surface area contributed by atoms with Gasteiger partial charge in [0.2, 0.25) is 5.91 Å². The number of rotatable bonds is 3. The quantitative estimate of drug-likeness (QED) is 0.916. The van der Waals surface area contributed by atoms with Crippen LogP contribution >= 0.6 is 11.6 Å². The van der Waals surface area contributed by atoms with Gasteiger partial charge in [-0.05, 0) is 32.5 Å². The largest absolute Gasteiger partial charge is 0.324 e. The molecule has 1 aliphatic heterocycles. The Balaban J connectivity index is 2.03. The lowest BCUT2D eigenvalue weighted by Gasteiger charge is -2.10. The lowest BCUT2D eigenvalue weighted by molar-refractivity contribution is -0.117. The number of halogens is 1. The van der Waals surface area contributed by atoms with Crippen LogP contribution in [0, 0.1) is 13.8 Å². The molecule has 0 aliphatic carbocycles. The fraction of sp³-hybridized carbons (Fsp3) is 0.333. The highest BCUT2D eigenvalue weighted by molar-refractivity contribution is 6.31. The monoisotopic (exact) mass is 304 g/mol. The van der Waals surface area contributed by atoms with Gasteiger partial charge < -0.3 is 10.6 Å². The summed E-state index contributed by atoms with van der Waals surface area (Å²) in [5.41, 5.74) is 4.37. The Morgan fingerprint density at radius 2 is 2.19 bits per heavy atom. The molecule has 5 nitrogen and oxygen atoms in total. The Hall–Kier alpha value is -1.85. The SMILES string of the molecule is CCNC1C(=O)Nc2cc(-n3nc(C)c(Cl)c3C)ccc21. The average Bonchev–Trinajstić information content (AvgIpc) is 2.91. The molecule has 110 valence electrons. The van der Waals surface area contributed by atoms with Crippen molar-refractivity contribution in [2.24, 2.45) is 0 Å². The molecule has 2 N–H and O–H groups in total. The van der Waals surface area contributed by atoms with E-state index in [-0.39, 0.29) is 11.9 Å². The highest BCUT2D eigenvalue weighted by atomic mass is 35.5. The molecule has 1 amide bonds. The van der Waals surface area contributed by atoms with Crippen LogP contribution in [0.25, 0.3) is 5.69 Å². The van der Waals surface area contributed by atoms with Gasteiger partial charge in [0.15, 0.2) is 0 Å². The Labute approximate surface area is 128 Å². The minimum Gasteiger partial charge on any atom is -0.324 e. The second kappa shape index (κ2) is 5.16. The fourth-order valence-corrected chi connectivity index (χ4v) is 2.78. The zero-order chi connectivity index (χ0) is 15.1. The number of nitrogens with one attached hydrogen (secondary N) is 2. The topological polar surface area (TPSA) is 59.0 Å². The summed E-state index contributed by atoms with van der Waals surface area (Å²) in [6.07, 6.45) is 0. The van der Waals surface area contributed by atoms with Crippen molar-refractivity contribution in [2.75, 3.05) is 11.9 Å². The molecule has 0 saturated heterocycles. The summed E-state index contributed by atoms with van der Waals surface area (Å²) >= 11 is 6.19. The molecular weight excluding hydrogens is 288 g/mol. The van der Waals surface area contributed by atoms with Gasteiger partial charge in [0.25, 0.3) is 0 Å². The summed E-state index contributed by atoms with van der Waals surface area (Å²) in [5.74, 6) is -0.0181. The average molecular weight is 305 g/mol. The van der Waals surface area contributed by atoms with E-state index in [1.54, 1.807) is 4.68 Å². The van der Waals surface area contributed by atoms with Crippen LogP contribution in [0.5, 0.6) is 0 Å². The zero-order valence-corrected chi connectivity index (χ0v) is 13.0. The van der Waals surface area contributed by atoms with E-state index in [0.29, 0.717) is 5.02 Å². The van der Waals surface area contributed by atoms with Gasteiger partial charge in [-0.25, -0.2) is 4.68 Å². The van der Waals surface area contributed by atoms with Gasteiger partial charge in [-0.15, -0.1) is 0 Å². The minimum atomic E-state index is -0.275. The van der Waals surface area contributed by atoms with Crippen molar-refractivity contribution in [3.63, 3.8) is 0 Å². The fourth-order valence-electron chi connectivity index (χ4n) is 2.66.